The molecule has 0 N–H and O–H groups in total. The molecule has 0 spiro atoms. The van der Waals surface area contributed by atoms with Gasteiger partial charge in [-0.2, -0.15) is 0 Å². The standard InChI is InChI=1S/C32H40ClNO/c1-4-34(5-2)26(3)16-10-6-7-15-25-35-30-23-21-28(22-24-30)31(27-17-11-8-12-18-27)32(33)29-19-13-9-14-20-29/h8-9,11-14,17-24,26H,4-7,10,15-16,25H2,1-3H3/b32-31+. The molecule has 0 bridgehead atoms. The van der Waals surface area contributed by atoms with Crippen LogP contribution in [0.15, 0.2) is 84.9 Å². The molecule has 1 unspecified atom stereocenters. The average molecular weight is 490 g/mol. The highest BCUT2D eigenvalue weighted by Crippen LogP contribution is 2.35. The molecular formula is C32H40ClNO. The van der Waals surface area contributed by atoms with E-state index in [1.54, 1.807) is 0 Å². The zero-order valence-corrected chi connectivity index (χ0v) is 22.3. The highest BCUT2D eigenvalue weighted by atomic mass is 35.5. The molecule has 0 amide bonds. The molecule has 186 valence electrons. The third-order valence-corrected chi connectivity index (χ3v) is 7.08. The van der Waals surface area contributed by atoms with Crippen molar-refractivity contribution in [2.75, 3.05) is 19.7 Å². The molecule has 0 aromatic heterocycles. The first kappa shape index (κ1) is 27.0. The van der Waals surface area contributed by atoms with Crippen LogP contribution >= 0.6 is 11.6 Å². The van der Waals surface area contributed by atoms with Crippen LogP contribution in [0.2, 0.25) is 0 Å². The molecule has 3 rings (SSSR count). The lowest BCUT2D eigenvalue weighted by Gasteiger charge is -2.26. The first-order valence-electron chi connectivity index (χ1n) is 13.1. The van der Waals surface area contributed by atoms with Gasteiger partial charge in [0, 0.05) is 11.6 Å². The number of hydrogen-bond acceptors (Lipinski definition) is 2. The summed E-state index contributed by atoms with van der Waals surface area (Å²) in [6.07, 6.45) is 6.17. The Morgan fingerprint density at radius 1 is 0.714 bits per heavy atom. The largest absolute Gasteiger partial charge is 0.494 e. The highest BCUT2D eigenvalue weighted by Gasteiger charge is 2.13. The fraction of sp³-hybridized carbons (Fsp3) is 0.375. The van der Waals surface area contributed by atoms with E-state index in [2.05, 4.69) is 62.1 Å². The van der Waals surface area contributed by atoms with Gasteiger partial charge in [-0.05, 0) is 61.7 Å². The summed E-state index contributed by atoms with van der Waals surface area (Å²) < 4.78 is 6.03. The third-order valence-electron chi connectivity index (χ3n) is 6.67. The van der Waals surface area contributed by atoms with Gasteiger partial charge in [0.1, 0.15) is 5.75 Å². The van der Waals surface area contributed by atoms with Crippen LogP contribution in [-0.4, -0.2) is 30.6 Å². The van der Waals surface area contributed by atoms with Crippen LogP contribution in [0.5, 0.6) is 5.75 Å². The van der Waals surface area contributed by atoms with E-state index in [4.69, 9.17) is 16.3 Å². The molecule has 0 aliphatic heterocycles. The van der Waals surface area contributed by atoms with Crippen LogP contribution in [0.3, 0.4) is 0 Å². The van der Waals surface area contributed by atoms with Gasteiger partial charge < -0.3 is 9.64 Å². The van der Waals surface area contributed by atoms with E-state index in [1.807, 2.05) is 48.5 Å². The van der Waals surface area contributed by atoms with Crippen molar-refractivity contribution < 1.29 is 4.74 Å². The molecule has 0 aliphatic rings. The Kier molecular flexibility index (Phi) is 11.4. The van der Waals surface area contributed by atoms with E-state index in [0.717, 1.165) is 59.2 Å². The van der Waals surface area contributed by atoms with Crippen molar-refractivity contribution in [2.24, 2.45) is 0 Å². The Hall–Kier alpha value is -2.55. The van der Waals surface area contributed by atoms with Gasteiger partial charge in [0.25, 0.3) is 0 Å². The van der Waals surface area contributed by atoms with Crippen molar-refractivity contribution >= 4 is 22.2 Å². The van der Waals surface area contributed by atoms with Gasteiger partial charge in [-0.1, -0.05) is 118 Å². The molecule has 1 atom stereocenters. The second-order valence-corrected chi connectivity index (χ2v) is 9.44. The number of ether oxygens (including phenoxy) is 1. The number of benzene rings is 3. The topological polar surface area (TPSA) is 12.5 Å². The van der Waals surface area contributed by atoms with Gasteiger partial charge >= 0.3 is 0 Å². The molecule has 3 aromatic carbocycles. The van der Waals surface area contributed by atoms with Gasteiger partial charge in [0.05, 0.1) is 11.6 Å². The Morgan fingerprint density at radius 3 is 1.86 bits per heavy atom. The highest BCUT2D eigenvalue weighted by molar-refractivity contribution is 6.53. The van der Waals surface area contributed by atoms with Crippen LogP contribution in [-0.2, 0) is 0 Å². The van der Waals surface area contributed by atoms with Crippen LogP contribution < -0.4 is 4.74 Å². The molecular weight excluding hydrogens is 450 g/mol. The minimum atomic E-state index is 0.685. The summed E-state index contributed by atoms with van der Waals surface area (Å²) in [5.74, 6) is 0.909. The third kappa shape index (κ3) is 8.26. The van der Waals surface area contributed by atoms with Crippen molar-refractivity contribution in [2.45, 2.75) is 58.9 Å². The zero-order chi connectivity index (χ0) is 24.9. The zero-order valence-electron chi connectivity index (χ0n) is 21.6. The smallest absolute Gasteiger partial charge is 0.119 e. The maximum Gasteiger partial charge on any atom is 0.119 e. The van der Waals surface area contributed by atoms with E-state index in [9.17, 15) is 0 Å². The summed E-state index contributed by atoms with van der Waals surface area (Å²) in [5.41, 5.74) is 4.23. The van der Waals surface area contributed by atoms with Crippen molar-refractivity contribution in [1.29, 1.82) is 0 Å². The van der Waals surface area contributed by atoms with Crippen LogP contribution in [0.25, 0.3) is 10.6 Å². The van der Waals surface area contributed by atoms with Gasteiger partial charge in [-0.15, -0.1) is 0 Å². The van der Waals surface area contributed by atoms with Gasteiger partial charge in [-0.3, -0.25) is 0 Å². The maximum absolute atomic E-state index is 6.92. The number of halogens is 1. The summed E-state index contributed by atoms with van der Waals surface area (Å²) >= 11 is 6.92. The number of rotatable bonds is 14. The minimum Gasteiger partial charge on any atom is -0.494 e. The molecule has 0 radical (unpaired) electrons. The Balaban J connectivity index is 1.54. The summed E-state index contributed by atoms with van der Waals surface area (Å²) in [4.78, 5) is 2.54. The molecule has 0 heterocycles. The monoisotopic (exact) mass is 489 g/mol. The van der Waals surface area contributed by atoms with E-state index < -0.39 is 0 Å². The first-order valence-corrected chi connectivity index (χ1v) is 13.5. The molecule has 3 heteroatoms. The van der Waals surface area contributed by atoms with E-state index in [0.29, 0.717) is 6.04 Å². The van der Waals surface area contributed by atoms with E-state index in [1.165, 1.54) is 25.7 Å². The minimum absolute atomic E-state index is 0.685. The number of nitrogens with zero attached hydrogens (tertiary/aromatic N) is 1. The van der Waals surface area contributed by atoms with Gasteiger partial charge in [0.15, 0.2) is 0 Å². The lowest BCUT2D eigenvalue weighted by molar-refractivity contribution is 0.216. The Labute approximate surface area is 217 Å². The fourth-order valence-corrected chi connectivity index (χ4v) is 4.93. The summed E-state index contributed by atoms with van der Waals surface area (Å²) in [6.45, 7) is 9.90. The van der Waals surface area contributed by atoms with Crippen molar-refractivity contribution in [3.63, 3.8) is 0 Å². The Morgan fingerprint density at radius 2 is 1.26 bits per heavy atom. The maximum atomic E-state index is 6.92. The number of unbranched alkanes of at least 4 members (excludes halogenated alkanes) is 3. The summed E-state index contributed by atoms with van der Waals surface area (Å²) in [5, 5.41) is 0.751. The molecule has 0 saturated carbocycles. The fourth-order valence-electron chi connectivity index (χ4n) is 4.59. The predicted octanol–water partition coefficient (Wildman–Crippen LogP) is 8.90. The van der Waals surface area contributed by atoms with Crippen molar-refractivity contribution in [1.82, 2.24) is 4.90 Å². The van der Waals surface area contributed by atoms with Crippen molar-refractivity contribution in [3.8, 4) is 5.75 Å². The first-order chi connectivity index (χ1) is 17.1. The molecule has 35 heavy (non-hydrogen) atoms. The summed E-state index contributed by atoms with van der Waals surface area (Å²) in [6, 6.07) is 29.5. The molecule has 0 fully saturated rings. The second-order valence-electron chi connectivity index (χ2n) is 9.07. The van der Waals surface area contributed by atoms with Crippen molar-refractivity contribution in [3.05, 3.63) is 102 Å². The lowest BCUT2D eigenvalue weighted by Crippen LogP contribution is -2.32. The normalized spacial score (nSPS) is 12.9. The van der Waals surface area contributed by atoms with Crippen LogP contribution in [0.1, 0.15) is 69.6 Å². The van der Waals surface area contributed by atoms with Crippen LogP contribution in [0, 0.1) is 0 Å². The lowest BCUT2D eigenvalue weighted by atomic mass is 9.95. The molecule has 0 saturated heterocycles. The molecule has 2 nitrogen and oxygen atoms in total. The van der Waals surface area contributed by atoms with E-state index in [-0.39, 0.29) is 0 Å². The summed E-state index contributed by atoms with van der Waals surface area (Å²) in [7, 11) is 0. The number of hydrogen-bond donors (Lipinski definition) is 0. The SMILES string of the molecule is CCN(CC)C(C)CCCCCCOc1ccc(/C(=C(/Cl)c2ccccc2)c2ccccc2)cc1. The average Bonchev–Trinajstić information content (AvgIpc) is 2.91. The molecule has 3 aromatic rings. The Bertz CT molecular complexity index is 1010. The van der Waals surface area contributed by atoms with Gasteiger partial charge in [-0.25, -0.2) is 0 Å². The molecule has 0 aliphatic carbocycles. The predicted molar refractivity (Wildman–Crippen MR) is 152 cm³/mol. The van der Waals surface area contributed by atoms with E-state index >= 15 is 0 Å². The quantitative estimate of drug-likeness (QED) is 0.165. The van der Waals surface area contributed by atoms with Crippen LogP contribution in [0.4, 0.5) is 0 Å². The van der Waals surface area contributed by atoms with Gasteiger partial charge in [0.2, 0.25) is 0 Å². The second kappa shape index (κ2) is 14.8.